The predicted molar refractivity (Wildman–Crippen MR) is 105 cm³/mol. The topological polar surface area (TPSA) is 117 Å². The molecular formula is C18H18ClN7O2. The number of hydrogen-bond donors (Lipinski definition) is 4. The van der Waals surface area contributed by atoms with E-state index < -0.39 is 11.2 Å². The van der Waals surface area contributed by atoms with Gasteiger partial charge in [-0.25, -0.2) is 14.6 Å². The van der Waals surface area contributed by atoms with Crippen molar-refractivity contribution in [2.45, 2.75) is 31.8 Å². The molecule has 4 heterocycles. The van der Waals surface area contributed by atoms with Gasteiger partial charge in [0.25, 0.3) is 11.5 Å². The van der Waals surface area contributed by atoms with Crippen LogP contribution in [0.25, 0.3) is 11.0 Å². The van der Waals surface area contributed by atoms with Gasteiger partial charge in [0.2, 0.25) is 0 Å². The van der Waals surface area contributed by atoms with Gasteiger partial charge in [0.1, 0.15) is 34.8 Å². The van der Waals surface area contributed by atoms with Gasteiger partial charge in [-0.2, -0.15) is 0 Å². The highest BCUT2D eigenvalue weighted by atomic mass is 35.5. The Labute approximate surface area is 164 Å². The molecule has 5 rings (SSSR count). The van der Waals surface area contributed by atoms with Crippen LogP contribution in [0.3, 0.4) is 0 Å². The number of aromatic amines is 1. The van der Waals surface area contributed by atoms with E-state index in [0.717, 1.165) is 24.6 Å². The largest absolute Gasteiger partial charge is 0.346 e. The lowest BCUT2D eigenvalue weighted by molar-refractivity contribution is 0.0761. The summed E-state index contributed by atoms with van der Waals surface area (Å²) in [6, 6.07) is 3.26. The van der Waals surface area contributed by atoms with Crippen LogP contribution >= 0.6 is 11.6 Å². The highest BCUT2D eigenvalue weighted by molar-refractivity contribution is 6.34. The molecule has 0 bridgehead atoms. The third-order valence-corrected chi connectivity index (χ3v) is 5.90. The lowest BCUT2D eigenvalue weighted by Gasteiger charge is -2.47. The van der Waals surface area contributed by atoms with E-state index in [1.165, 1.54) is 17.1 Å². The molecule has 1 amide bonds. The molecule has 4 N–H and O–H groups in total. The van der Waals surface area contributed by atoms with E-state index >= 15 is 0 Å². The summed E-state index contributed by atoms with van der Waals surface area (Å²) in [6.45, 7) is 1.89. The normalized spacial score (nSPS) is 21.6. The van der Waals surface area contributed by atoms with Gasteiger partial charge in [0, 0.05) is 12.1 Å². The highest BCUT2D eigenvalue weighted by Gasteiger charge is 2.44. The molecule has 2 aliphatic rings. The number of nitrogens with one attached hydrogen (secondary N) is 4. The standard InChI is InChI=1S/C18H18ClN7O2/c1-18(9-3-2-4-9)24-16(27)13-11(19)7-12(17(28)26(13)25-18)23-15-10-5-6-20-14(10)21-8-22-15/h5-9,25H,2-4H2,1H3,(H,24,27)(H2,20,21,22,23). The molecule has 0 aromatic carbocycles. The Bertz CT molecular complexity index is 1170. The molecule has 1 aliphatic heterocycles. The zero-order valence-corrected chi connectivity index (χ0v) is 15.8. The second kappa shape index (κ2) is 5.96. The lowest BCUT2D eigenvalue weighted by atomic mass is 9.76. The van der Waals surface area contributed by atoms with Crippen molar-refractivity contribution in [2.24, 2.45) is 5.92 Å². The predicted octanol–water partition coefficient (Wildman–Crippen LogP) is 2.32. The first-order valence-electron chi connectivity index (χ1n) is 9.07. The number of anilines is 2. The number of H-pyrrole nitrogens is 1. The van der Waals surface area contributed by atoms with Crippen molar-refractivity contribution in [1.82, 2.24) is 24.9 Å². The average Bonchev–Trinajstić information content (AvgIpc) is 3.06. The number of fused-ring (bicyclic) bond motifs is 2. The van der Waals surface area contributed by atoms with Gasteiger partial charge < -0.3 is 15.6 Å². The maximum absolute atomic E-state index is 13.2. The van der Waals surface area contributed by atoms with Crippen LogP contribution in [0.1, 0.15) is 36.7 Å². The Morgan fingerprint density at radius 3 is 2.89 bits per heavy atom. The fourth-order valence-corrected chi connectivity index (χ4v) is 4.11. The number of rotatable bonds is 3. The average molecular weight is 400 g/mol. The van der Waals surface area contributed by atoms with Crippen molar-refractivity contribution in [3.8, 4) is 0 Å². The van der Waals surface area contributed by atoms with Crippen molar-refractivity contribution in [3.05, 3.63) is 45.7 Å². The number of hydrogen-bond acceptors (Lipinski definition) is 6. The number of pyridine rings is 1. The second-order valence-electron chi connectivity index (χ2n) is 7.38. The molecule has 144 valence electrons. The van der Waals surface area contributed by atoms with Gasteiger partial charge in [0.05, 0.1) is 10.4 Å². The monoisotopic (exact) mass is 399 g/mol. The van der Waals surface area contributed by atoms with Crippen molar-refractivity contribution < 1.29 is 4.79 Å². The fourth-order valence-electron chi connectivity index (χ4n) is 3.83. The summed E-state index contributed by atoms with van der Waals surface area (Å²) < 4.78 is 1.25. The number of aromatic nitrogens is 4. The highest BCUT2D eigenvalue weighted by Crippen LogP contribution is 2.37. The molecule has 1 fully saturated rings. The molecule has 0 radical (unpaired) electrons. The number of halogens is 1. The minimum atomic E-state index is -0.697. The number of nitrogens with zero attached hydrogens (tertiary/aromatic N) is 3. The van der Waals surface area contributed by atoms with E-state index in [1.54, 1.807) is 6.20 Å². The molecule has 1 atom stereocenters. The van der Waals surface area contributed by atoms with E-state index in [2.05, 4.69) is 31.0 Å². The summed E-state index contributed by atoms with van der Waals surface area (Å²) in [7, 11) is 0. The molecule has 3 aromatic heterocycles. The molecule has 1 saturated carbocycles. The minimum Gasteiger partial charge on any atom is -0.346 e. The van der Waals surface area contributed by atoms with Crippen LogP contribution in [-0.4, -0.2) is 31.2 Å². The SMILES string of the molecule is CC1(C2CCC2)NC(=O)c2c(Cl)cc(Nc3ncnc4[nH]ccc34)c(=O)n2N1. The van der Waals surface area contributed by atoms with Crippen LogP contribution in [0, 0.1) is 5.92 Å². The number of amides is 1. The van der Waals surface area contributed by atoms with E-state index in [1.807, 2.05) is 13.0 Å². The van der Waals surface area contributed by atoms with E-state index in [4.69, 9.17) is 11.6 Å². The van der Waals surface area contributed by atoms with Gasteiger partial charge in [-0.3, -0.25) is 15.0 Å². The third kappa shape index (κ3) is 2.46. The Morgan fingerprint density at radius 1 is 1.32 bits per heavy atom. The number of carbonyl (C=O) groups excluding carboxylic acids is 1. The molecule has 9 nitrogen and oxygen atoms in total. The van der Waals surface area contributed by atoms with E-state index in [0.29, 0.717) is 11.5 Å². The molecular weight excluding hydrogens is 382 g/mol. The lowest BCUT2D eigenvalue weighted by Crippen LogP contribution is -2.66. The van der Waals surface area contributed by atoms with Crippen molar-refractivity contribution in [1.29, 1.82) is 0 Å². The van der Waals surface area contributed by atoms with Gasteiger partial charge in [-0.15, -0.1) is 0 Å². The van der Waals surface area contributed by atoms with Crippen LogP contribution in [-0.2, 0) is 0 Å². The molecule has 1 aliphatic carbocycles. The minimum absolute atomic E-state index is 0.100. The van der Waals surface area contributed by atoms with Crippen LogP contribution in [0.5, 0.6) is 0 Å². The van der Waals surface area contributed by atoms with Gasteiger partial charge in [-0.1, -0.05) is 18.0 Å². The molecule has 0 saturated heterocycles. The van der Waals surface area contributed by atoms with Gasteiger partial charge in [0.15, 0.2) is 0 Å². The molecule has 10 heteroatoms. The van der Waals surface area contributed by atoms with Crippen molar-refractivity contribution >= 4 is 40.0 Å². The fraction of sp³-hybridized carbons (Fsp3) is 0.333. The summed E-state index contributed by atoms with van der Waals surface area (Å²) in [6.07, 6.45) is 6.24. The van der Waals surface area contributed by atoms with Crippen molar-refractivity contribution in [3.63, 3.8) is 0 Å². The molecule has 3 aromatic rings. The Hall–Kier alpha value is -3.07. The van der Waals surface area contributed by atoms with Gasteiger partial charge in [-0.05, 0) is 31.9 Å². The first kappa shape index (κ1) is 17.1. The quantitative estimate of drug-likeness (QED) is 0.537. The smallest absolute Gasteiger partial charge is 0.293 e. The van der Waals surface area contributed by atoms with E-state index in [-0.39, 0.29) is 28.2 Å². The van der Waals surface area contributed by atoms with Crippen LogP contribution in [0.2, 0.25) is 5.02 Å². The summed E-state index contributed by atoms with van der Waals surface area (Å²) in [5, 5.41) is 6.91. The Kier molecular flexibility index (Phi) is 3.63. The zero-order valence-electron chi connectivity index (χ0n) is 15.0. The van der Waals surface area contributed by atoms with Crippen LogP contribution < -0.4 is 21.6 Å². The molecule has 28 heavy (non-hydrogen) atoms. The Morgan fingerprint density at radius 2 is 2.14 bits per heavy atom. The summed E-state index contributed by atoms with van der Waals surface area (Å²) in [4.78, 5) is 37.2. The molecule has 0 spiro atoms. The van der Waals surface area contributed by atoms with Crippen molar-refractivity contribution in [2.75, 3.05) is 10.7 Å². The van der Waals surface area contributed by atoms with Gasteiger partial charge >= 0.3 is 0 Å². The Balaban J connectivity index is 1.59. The van der Waals surface area contributed by atoms with Crippen LogP contribution in [0.4, 0.5) is 11.5 Å². The summed E-state index contributed by atoms with van der Waals surface area (Å²) >= 11 is 6.36. The third-order valence-electron chi connectivity index (χ3n) is 5.62. The summed E-state index contributed by atoms with van der Waals surface area (Å²) in [5.74, 6) is 0.368. The second-order valence-corrected chi connectivity index (χ2v) is 7.79. The van der Waals surface area contributed by atoms with E-state index in [9.17, 15) is 9.59 Å². The first-order chi connectivity index (χ1) is 13.5. The molecule has 1 unspecified atom stereocenters. The summed E-state index contributed by atoms with van der Waals surface area (Å²) in [5.41, 5.74) is 3.05. The number of carbonyl (C=O) groups is 1. The van der Waals surface area contributed by atoms with Crippen LogP contribution in [0.15, 0.2) is 29.5 Å². The first-order valence-corrected chi connectivity index (χ1v) is 9.45. The maximum Gasteiger partial charge on any atom is 0.293 e. The maximum atomic E-state index is 13.2. The zero-order chi connectivity index (χ0) is 19.5.